The average molecular weight is 392 g/mol. The zero-order valence-corrected chi connectivity index (χ0v) is 15.5. The zero-order valence-electron chi connectivity index (χ0n) is 14.7. The van der Waals surface area contributed by atoms with Gasteiger partial charge in [-0.25, -0.2) is 18.3 Å². The molecule has 0 bridgehead atoms. The van der Waals surface area contributed by atoms with Crippen molar-refractivity contribution >= 4 is 15.9 Å². The van der Waals surface area contributed by atoms with Crippen LogP contribution in [0.15, 0.2) is 59.5 Å². The smallest absolute Gasteiger partial charge is 0.247 e. The number of hydroxylamine groups is 1. The molecule has 0 aliphatic carbocycles. The number of rotatable bonds is 6. The number of amides is 1. The minimum absolute atomic E-state index is 0.0188. The first-order valence-corrected chi connectivity index (χ1v) is 10.1. The van der Waals surface area contributed by atoms with E-state index < -0.39 is 21.8 Å². The quantitative estimate of drug-likeness (QED) is 0.767. The Morgan fingerprint density at radius 2 is 1.85 bits per heavy atom. The van der Waals surface area contributed by atoms with Gasteiger partial charge in [0.05, 0.1) is 17.4 Å². The molecule has 8 heteroatoms. The molecular weight excluding hydrogens is 371 g/mol. The van der Waals surface area contributed by atoms with Crippen molar-refractivity contribution in [3.63, 3.8) is 0 Å². The number of benzene rings is 2. The van der Waals surface area contributed by atoms with Crippen LogP contribution < -0.4 is 5.48 Å². The maximum absolute atomic E-state index is 13.1. The van der Waals surface area contributed by atoms with E-state index in [2.05, 4.69) is 5.48 Å². The number of piperidine rings is 1. The highest BCUT2D eigenvalue weighted by Crippen LogP contribution is 2.24. The maximum atomic E-state index is 13.1. The van der Waals surface area contributed by atoms with Gasteiger partial charge in [0, 0.05) is 13.1 Å². The summed E-state index contributed by atoms with van der Waals surface area (Å²) in [7, 11) is -3.76. The van der Waals surface area contributed by atoms with E-state index in [4.69, 9.17) is 4.84 Å². The molecule has 1 aliphatic rings. The number of hydrogen-bond donors (Lipinski definition) is 1. The summed E-state index contributed by atoms with van der Waals surface area (Å²) < 4.78 is 39.7. The molecule has 0 saturated carbocycles. The summed E-state index contributed by atoms with van der Waals surface area (Å²) in [6.07, 6.45) is 1.15. The lowest BCUT2D eigenvalue weighted by molar-refractivity contribution is -0.140. The number of hydrogen-bond acceptors (Lipinski definition) is 4. The maximum Gasteiger partial charge on any atom is 0.247 e. The molecule has 0 radical (unpaired) electrons. The van der Waals surface area contributed by atoms with Crippen molar-refractivity contribution in [1.29, 1.82) is 0 Å². The fraction of sp³-hybridized carbons (Fsp3) is 0.316. The molecule has 1 aliphatic heterocycles. The van der Waals surface area contributed by atoms with Crippen LogP contribution in [0, 0.1) is 11.7 Å². The number of sulfonamides is 1. The van der Waals surface area contributed by atoms with Crippen molar-refractivity contribution in [2.45, 2.75) is 24.3 Å². The number of carbonyl (C=O) groups excluding carboxylic acids is 1. The third-order valence-corrected chi connectivity index (χ3v) is 6.34. The third kappa shape index (κ3) is 4.91. The van der Waals surface area contributed by atoms with Crippen LogP contribution in [-0.2, 0) is 26.3 Å². The molecule has 1 fully saturated rings. The average Bonchev–Trinajstić information content (AvgIpc) is 2.69. The SMILES string of the molecule is O=C(NOCc1ccccc1)C1CCCN(S(=O)(=O)c2ccc(F)cc2)C1. The summed E-state index contributed by atoms with van der Waals surface area (Å²) in [6, 6.07) is 14.1. The van der Waals surface area contributed by atoms with Crippen LogP contribution >= 0.6 is 0 Å². The molecular formula is C19H21FN2O4S. The van der Waals surface area contributed by atoms with E-state index in [-0.39, 0.29) is 24.0 Å². The molecule has 1 unspecified atom stereocenters. The minimum Gasteiger partial charge on any atom is -0.272 e. The first-order chi connectivity index (χ1) is 13.0. The van der Waals surface area contributed by atoms with Crippen LogP contribution in [-0.4, -0.2) is 31.7 Å². The monoisotopic (exact) mass is 392 g/mol. The summed E-state index contributed by atoms with van der Waals surface area (Å²) >= 11 is 0. The zero-order chi connectivity index (χ0) is 19.3. The normalized spacial score (nSPS) is 18.2. The number of carbonyl (C=O) groups is 1. The molecule has 1 atom stereocenters. The first-order valence-electron chi connectivity index (χ1n) is 8.68. The second-order valence-electron chi connectivity index (χ2n) is 6.40. The molecule has 1 saturated heterocycles. The van der Waals surface area contributed by atoms with Crippen molar-refractivity contribution < 1.29 is 22.4 Å². The Hall–Kier alpha value is -2.29. The fourth-order valence-corrected chi connectivity index (χ4v) is 4.50. The van der Waals surface area contributed by atoms with Gasteiger partial charge < -0.3 is 0 Å². The molecule has 6 nitrogen and oxygen atoms in total. The molecule has 0 spiro atoms. The lowest BCUT2D eigenvalue weighted by atomic mass is 9.99. The van der Waals surface area contributed by atoms with Gasteiger partial charge in [-0.1, -0.05) is 30.3 Å². The van der Waals surface area contributed by atoms with E-state index in [0.717, 1.165) is 17.7 Å². The van der Waals surface area contributed by atoms with Crippen molar-refractivity contribution in [1.82, 2.24) is 9.79 Å². The molecule has 1 heterocycles. The van der Waals surface area contributed by atoms with Crippen LogP contribution in [0.1, 0.15) is 18.4 Å². The molecule has 2 aromatic carbocycles. The summed E-state index contributed by atoms with van der Waals surface area (Å²) in [5.74, 6) is -1.34. The lowest BCUT2D eigenvalue weighted by Gasteiger charge is -2.31. The van der Waals surface area contributed by atoms with Gasteiger partial charge in [0.25, 0.3) is 0 Å². The summed E-state index contributed by atoms with van der Waals surface area (Å²) in [6.45, 7) is 0.630. The van der Waals surface area contributed by atoms with E-state index >= 15 is 0 Å². The van der Waals surface area contributed by atoms with Crippen molar-refractivity contribution in [3.05, 3.63) is 66.0 Å². The largest absolute Gasteiger partial charge is 0.272 e. The number of nitrogens with one attached hydrogen (secondary N) is 1. The minimum atomic E-state index is -3.76. The molecule has 144 valence electrons. The molecule has 2 aromatic rings. The summed E-state index contributed by atoms with van der Waals surface area (Å²) in [5.41, 5.74) is 3.33. The summed E-state index contributed by atoms with van der Waals surface area (Å²) in [5, 5.41) is 0. The Labute approximate surface area is 158 Å². The van der Waals surface area contributed by atoms with Crippen LogP contribution in [0.4, 0.5) is 4.39 Å². The van der Waals surface area contributed by atoms with E-state index in [0.29, 0.717) is 19.4 Å². The van der Waals surface area contributed by atoms with Gasteiger partial charge in [0.15, 0.2) is 0 Å². The Kier molecular flexibility index (Phi) is 6.20. The molecule has 3 rings (SSSR count). The fourth-order valence-electron chi connectivity index (χ4n) is 2.98. The van der Waals surface area contributed by atoms with Gasteiger partial charge in [-0.2, -0.15) is 4.31 Å². The van der Waals surface area contributed by atoms with Gasteiger partial charge >= 0.3 is 0 Å². The lowest BCUT2D eigenvalue weighted by Crippen LogP contribution is -2.45. The van der Waals surface area contributed by atoms with Gasteiger partial charge in [0.2, 0.25) is 15.9 Å². The van der Waals surface area contributed by atoms with Crippen LogP contribution in [0.2, 0.25) is 0 Å². The second-order valence-corrected chi connectivity index (χ2v) is 8.33. The molecule has 0 aromatic heterocycles. The highest BCUT2D eigenvalue weighted by molar-refractivity contribution is 7.89. The number of halogens is 1. The van der Waals surface area contributed by atoms with Crippen molar-refractivity contribution in [2.75, 3.05) is 13.1 Å². The predicted octanol–water partition coefficient (Wildman–Crippen LogP) is 2.47. The highest BCUT2D eigenvalue weighted by Gasteiger charge is 2.33. The van der Waals surface area contributed by atoms with E-state index in [1.807, 2.05) is 30.3 Å². The van der Waals surface area contributed by atoms with Gasteiger partial charge in [-0.05, 0) is 42.7 Å². The van der Waals surface area contributed by atoms with E-state index in [1.54, 1.807) is 0 Å². The second kappa shape index (κ2) is 8.60. The topological polar surface area (TPSA) is 75.7 Å². The van der Waals surface area contributed by atoms with Crippen LogP contribution in [0.25, 0.3) is 0 Å². The standard InChI is InChI=1S/C19H21FN2O4S/c20-17-8-10-18(11-9-17)27(24,25)22-12-4-7-16(13-22)19(23)21-26-14-15-5-2-1-3-6-15/h1-3,5-6,8-11,16H,4,7,12-14H2,(H,21,23). The molecule has 1 N–H and O–H groups in total. The first kappa shape index (κ1) is 19.5. The van der Waals surface area contributed by atoms with Crippen LogP contribution in [0.3, 0.4) is 0 Å². The van der Waals surface area contributed by atoms with Gasteiger partial charge in [-0.3, -0.25) is 9.63 Å². The van der Waals surface area contributed by atoms with E-state index in [1.165, 1.54) is 16.4 Å². The number of nitrogens with zero attached hydrogens (tertiary/aromatic N) is 1. The van der Waals surface area contributed by atoms with Gasteiger partial charge in [0.1, 0.15) is 5.82 Å². The van der Waals surface area contributed by atoms with E-state index in [9.17, 15) is 17.6 Å². The Bertz CT molecular complexity index is 872. The van der Waals surface area contributed by atoms with Crippen LogP contribution in [0.5, 0.6) is 0 Å². The predicted molar refractivity (Wildman–Crippen MR) is 97.3 cm³/mol. The Morgan fingerprint density at radius 1 is 1.15 bits per heavy atom. The molecule has 1 amide bonds. The third-order valence-electron chi connectivity index (χ3n) is 4.46. The van der Waals surface area contributed by atoms with Crippen molar-refractivity contribution in [2.24, 2.45) is 5.92 Å². The summed E-state index contributed by atoms with van der Waals surface area (Å²) in [4.78, 5) is 17.6. The van der Waals surface area contributed by atoms with Gasteiger partial charge in [-0.15, -0.1) is 0 Å². The van der Waals surface area contributed by atoms with Crippen molar-refractivity contribution in [3.8, 4) is 0 Å². The Morgan fingerprint density at radius 3 is 2.56 bits per heavy atom. The Balaban J connectivity index is 1.58. The molecule has 27 heavy (non-hydrogen) atoms. The highest BCUT2D eigenvalue weighted by atomic mass is 32.2.